The Balaban J connectivity index is 1.19. The van der Waals surface area contributed by atoms with Crippen LogP contribution in [0.5, 0.6) is 17.2 Å². The van der Waals surface area contributed by atoms with Crippen molar-refractivity contribution in [3.05, 3.63) is 145 Å². The number of halogens is 3. The number of hydrogen-bond acceptors (Lipinski definition) is 9. The van der Waals surface area contributed by atoms with Crippen molar-refractivity contribution >= 4 is 81.5 Å². The number of ether oxygens (including phenoxy) is 3. The Morgan fingerprint density at radius 3 is 2.45 bits per heavy atom. The van der Waals surface area contributed by atoms with Crippen LogP contribution in [0.3, 0.4) is 0 Å². The fourth-order valence-corrected chi connectivity index (χ4v) is 6.55. The van der Waals surface area contributed by atoms with Gasteiger partial charge in [-0.3, -0.25) is 14.5 Å². The number of amidine groups is 1. The van der Waals surface area contributed by atoms with Crippen LogP contribution in [0.15, 0.2) is 117 Å². The van der Waals surface area contributed by atoms with E-state index >= 15 is 0 Å². The predicted octanol–water partition coefficient (Wildman–Crippen LogP) is 9.66. The summed E-state index contributed by atoms with van der Waals surface area (Å²) in [6.07, 6.45) is 4.72. The summed E-state index contributed by atoms with van der Waals surface area (Å²) in [5.74, 6) is 1.25. The van der Waals surface area contributed by atoms with Gasteiger partial charge in [0.15, 0.2) is 23.3 Å². The van der Waals surface area contributed by atoms with E-state index in [9.17, 15) is 9.59 Å². The Hall–Kier alpha value is -5.20. The van der Waals surface area contributed by atoms with Gasteiger partial charge in [-0.2, -0.15) is 5.10 Å². The summed E-state index contributed by atoms with van der Waals surface area (Å²) in [5.41, 5.74) is 3.69. The van der Waals surface area contributed by atoms with Crippen molar-refractivity contribution < 1.29 is 28.2 Å². The molecule has 10 nitrogen and oxygen atoms in total. The zero-order valence-electron chi connectivity index (χ0n) is 28.3. The molecule has 270 valence electrons. The van der Waals surface area contributed by atoms with Gasteiger partial charge < -0.3 is 23.9 Å². The maximum Gasteiger partial charge on any atom is 0.267 e. The second kappa shape index (κ2) is 17.5. The second-order valence-corrected chi connectivity index (χ2v) is 13.8. The van der Waals surface area contributed by atoms with Gasteiger partial charge in [0.1, 0.15) is 18.1 Å². The van der Waals surface area contributed by atoms with Gasteiger partial charge in [-0.25, -0.2) is 0 Å². The van der Waals surface area contributed by atoms with Gasteiger partial charge >= 0.3 is 0 Å². The van der Waals surface area contributed by atoms with E-state index in [0.717, 1.165) is 22.9 Å². The normalized spacial score (nSPS) is 14.4. The smallest absolute Gasteiger partial charge is 0.267 e. The van der Waals surface area contributed by atoms with Crippen LogP contribution in [-0.4, -0.2) is 41.8 Å². The Morgan fingerprint density at radius 1 is 0.925 bits per heavy atom. The van der Waals surface area contributed by atoms with Gasteiger partial charge in [0.2, 0.25) is 0 Å². The third-order valence-corrected chi connectivity index (χ3v) is 9.49. The minimum Gasteiger partial charge on any atom is -0.493 e. The SMILES string of the molecule is COc1cc(/C=N/N=C2\S/C(=C\c3cc(Cl)ccc3OCC(=O)Nc3ccc(C)cc3)C(=O)N2Cc2ccco2)ccc1OCc1ccc(Cl)cc1Cl. The first-order valence-corrected chi connectivity index (χ1v) is 18.0. The monoisotopic (exact) mass is 788 g/mol. The molecule has 2 amide bonds. The minimum atomic E-state index is -0.340. The fourth-order valence-electron chi connectivity index (χ4n) is 4.99. The molecule has 1 aliphatic heterocycles. The quantitative estimate of drug-likeness (QED) is 0.0718. The van der Waals surface area contributed by atoms with Gasteiger partial charge in [-0.05, 0) is 103 Å². The Kier molecular flexibility index (Phi) is 12.4. The molecule has 1 N–H and O–H groups in total. The average Bonchev–Trinajstić information content (AvgIpc) is 3.76. The number of methoxy groups -OCH3 is 1. The molecule has 53 heavy (non-hydrogen) atoms. The summed E-state index contributed by atoms with van der Waals surface area (Å²) in [5, 5.41) is 13.3. The lowest BCUT2D eigenvalue weighted by Gasteiger charge is -2.13. The highest BCUT2D eigenvalue weighted by Gasteiger charge is 2.34. The van der Waals surface area contributed by atoms with E-state index in [2.05, 4.69) is 15.5 Å². The highest BCUT2D eigenvalue weighted by atomic mass is 35.5. The third kappa shape index (κ3) is 10.0. The van der Waals surface area contributed by atoms with E-state index in [0.29, 0.717) is 65.0 Å². The molecule has 0 spiro atoms. The molecule has 1 aromatic heterocycles. The van der Waals surface area contributed by atoms with Crippen molar-refractivity contribution in [2.75, 3.05) is 19.0 Å². The molecule has 1 fully saturated rings. The van der Waals surface area contributed by atoms with Crippen molar-refractivity contribution in [3.8, 4) is 17.2 Å². The first-order valence-electron chi connectivity index (χ1n) is 16.0. The summed E-state index contributed by atoms with van der Waals surface area (Å²) in [6, 6.07) is 26.4. The lowest BCUT2D eigenvalue weighted by Crippen LogP contribution is -2.28. The van der Waals surface area contributed by atoms with Crippen LogP contribution in [0.2, 0.25) is 15.1 Å². The van der Waals surface area contributed by atoms with E-state index in [-0.39, 0.29) is 31.6 Å². The zero-order valence-corrected chi connectivity index (χ0v) is 31.4. The van der Waals surface area contributed by atoms with Crippen molar-refractivity contribution in [2.45, 2.75) is 20.1 Å². The molecule has 5 aromatic rings. The van der Waals surface area contributed by atoms with Gasteiger partial charge in [-0.15, -0.1) is 5.10 Å². The lowest BCUT2D eigenvalue weighted by atomic mass is 10.2. The molecule has 1 aliphatic rings. The van der Waals surface area contributed by atoms with E-state index in [1.165, 1.54) is 24.5 Å². The van der Waals surface area contributed by atoms with Gasteiger partial charge in [0, 0.05) is 31.9 Å². The molecule has 0 atom stereocenters. The lowest BCUT2D eigenvalue weighted by molar-refractivity contribution is -0.122. The number of nitrogens with zero attached hydrogens (tertiary/aromatic N) is 3. The fraction of sp³-hybridized carbons (Fsp3) is 0.128. The molecule has 4 aromatic carbocycles. The number of hydrogen-bond donors (Lipinski definition) is 1. The largest absolute Gasteiger partial charge is 0.493 e. The Morgan fingerprint density at radius 2 is 1.70 bits per heavy atom. The first-order chi connectivity index (χ1) is 25.6. The van der Waals surface area contributed by atoms with Crippen LogP contribution >= 0.6 is 46.6 Å². The van der Waals surface area contributed by atoms with Crippen molar-refractivity contribution in [2.24, 2.45) is 10.2 Å². The van der Waals surface area contributed by atoms with Gasteiger partial charge in [0.05, 0.1) is 31.0 Å². The molecule has 0 bridgehead atoms. The summed E-state index contributed by atoms with van der Waals surface area (Å²) < 4.78 is 22.9. The maximum atomic E-state index is 13.8. The Bertz CT molecular complexity index is 2210. The molecule has 1 saturated heterocycles. The second-order valence-electron chi connectivity index (χ2n) is 11.5. The summed E-state index contributed by atoms with van der Waals surface area (Å²) in [4.78, 5) is 28.2. The van der Waals surface area contributed by atoms with Gasteiger partial charge in [0.25, 0.3) is 11.8 Å². The summed E-state index contributed by atoms with van der Waals surface area (Å²) in [6.45, 7) is 2.05. The molecule has 0 saturated carbocycles. The molecule has 6 rings (SSSR count). The third-order valence-electron chi connectivity index (χ3n) is 7.67. The van der Waals surface area contributed by atoms with Crippen LogP contribution in [0.4, 0.5) is 5.69 Å². The van der Waals surface area contributed by atoms with Crippen LogP contribution < -0.4 is 19.5 Å². The standard InChI is InChI=1S/C39H31Cl3N4O6S/c1-24-5-11-30(12-6-24)44-37(47)23-52-33-14-10-28(40)17-27(33)18-36-38(48)46(21-31-4-3-15-50-31)39(53-36)45-43-20-25-7-13-34(35(16-25)49-2)51-22-26-8-9-29(41)19-32(26)42/h3-20H,21-23H2,1-2H3,(H,44,47)/b36-18-,43-20+,45-39-. The topological polar surface area (TPSA) is 115 Å². The minimum absolute atomic E-state index is 0.125. The number of amides is 2. The number of anilines is 1. The predicted molar refractivity (Wildman–Crippen MR) is 210 cm³/mol. The van der Waals surface area contributed by atoms with Crippen molar-refractivity contribution in [3.63, 3.8) is 0 Å². The average molecular weight is 790 g/mol. The number of nitrogens with one attached hydrogen (secondary N) is 1. The number of benzene rings is 4. The summed E-state index contributed by atoms with van der Waals surface area (Å²) >= 11 is 19.8. The van der Waals surface area contributed by atoms with E-state index in [1.807, 2.05) is 31.2 Å². The van der Waals surface area contributed by atoms with Gasteiger partial charge in [-0.1, -0.05) is 58.6 Å². The van der Waals surface area contributed by atoms with Crippen LogP contribution in [0.1, 0.15) is 28.0 Å². The summed E-state index contributed by atoms with van der Waals surface area (Å²) in [7, 11) is 1.54. The molecular formula is C39H31Cl3N4O6S. The number of furan rings is 1. The van der Waals surface area contributed by atoms with Crippen molar-refractivity contribution in [1.29, 1.82) is 0 Å². The first kappa shape index (κ1) is 37.6. The highest BCUT2D eigenvalue weighted by Crippen LogP contribution is 2.36. The molecule has 0 radical (unpaired) electrons. The van der Waals surface area contributed by atoms with Crippen molar-refractivity contribution in [1.82, 2.24) is 4.90 Å². The highest BCUT2D eigenvalue weighted by molar-refractivity contribution is 8.18. The zero-order chi connectivity index (χ0) is 37.3. The van der Waals surface area contributed by atoms with Crippen LogP contribution in [0.25, 0.3) is 6.08 Å². The van der Waals surface area contributed by atoms with E-state index in [4.69, 9.17) is 53.4 Å². The van der Waals surface area contributed by atoms with E-state index in [1.54, 1.807) is 72.8 Å². The van der Waals surface area contributed by atoms with E-state index < -0.39 is 0 Å². The molecule has 2 heterocycles. The number of thioether (sulfide) groups is 1. The Labute approximate surface area is 325 Å². The number of carbonyl (C=O) groups is 2. The number of carbonyl (C=O) groups excluding carboxylic acids is 2. The molecule has 0 aliphatic carbocycles. The molecule has 14 heteroatoms. The van der Waals surface area contributed by atoms with Crippen LogP contribution in [-0.2, 0) is 22.7 Å². The molecular weight excluding hydrogens is 759 g/mol. The maximum absolute atomic E-state index is 13.8. The number of aryl methyl sites for hydroxylation is 1. The van der Waals surface area contributed by atoms with Crippen LogP contribution in [0, 0.1) is 6.92 Å². The number of rotatable bonds is 13. The molecule has 0 unspecified atom stereocenters.